The second-order valence-electron chi connectivity index (χ2n) is 5.41. The zero-order valence-corrected chi connectivity index (χ0v) is 12.9. The number of alkyl halides is 4. The van der Waals surface area contributed by atoms with Crippen molar-refractivity contribution in [3.05, 3.63) is 35.9 Å². The Morgan fingerprint density at radius 2 is 1.84 bits per heavy atom. The van der Waals surface area contributed by atoms with Crippen molar-refractivity contribution in [1.29, 1.82) is 0 Å². The average molecular weight is 365 g/mol. The van der Waals surface area contributed by atoms with Crippen LogP contribution in [0.25, 0.3) is 0 Å². The second kappa shape index (κ2) is 7.36. The summed E-state index contributed by atoms with van der Waals surface area (Å²) in [4.78, 5) is 23.2. The standard InChI is InChI=1S/C15H15F4NO5/c1-7-10(20-14(23)15(17,18)19)11(9(16)13(22)24-7)25-12(21)8-5-3-2-4-6-8/h2-7,9-11,13,22H,1H3,(H,20,23)/t7-,9-,10+,11-,13+/m1/s1. The van der Waals surface area contributed by atoms with Crippen molar-refractivity contribution >= 4 is 11.9 Å². The lowest BCUT2D eigenvalue weighted by atomic mass is 9.97. The molecular formula is C15H15F4NO5. The van der Waals surface area contributed by atoms with Gasteiger partial charge in [-0.2, -0.15) is 13.2 Å². The van der Waals surface area contributed by atoms with E-state index in [2.05, 4.69) is 0 Å². The number of esters is 1. The van der Waals surface area contributed by atoms with Crippen LogP contribution in [-0.2, 0) is 14.3 Å². The zero-order valence-electron chi connectivity index (χ0n) is 12.9. The molecule has 1 heterocycles. The number of hydrogen-bond acceptors (Lipinski definition) is 5. The molecule has 2 N–H and O–H groups in total. The molecule has 0 unspecified atom stereocenters. The predicted octanol–water partition coefficient (Wildman–Crippen LogP) is 1.33. The van der Waals surface area contributed by atoms with Gasteiger partial charge in [-0.3, -0.25) is 4.79 Å². The van der Waals surface area contributed by atoms with E-state index in [0.29, 0.717) is 0 Å². The van der Waals surface area contributed by atoms with Crippen LogP contribution < -0.4 is 5.32 Å². The van der Waals surface area contributed by atoms with Crippen molar-refractivity contribution in [1.82, 2.24) is 5.32 Å². The summed E-state index contributed by atoms with van der Waals surface area (Å²) in [6.07, 6.45) is -12.7. The van der Waals surface area contributed by atoms with E-state index >= 15 is 0 Å². The van der Waals surface area contributed by atoms with Crippen LogP contribution >= 0.6 is 0 Å². The van der Waals surface area contributed by atoms with Crippen molar-refractivity contribution in [3.8, 4) is 0 Å². The molecule has 0 saturated carbocycles. The van der Waals surface area contributed by atoms with Crippen molar-refractivity contribution < 1.29 is 41.7 Å². The number of aliphatic hydroxyl groups is 1. The van der Waals surface area contributed by atoms with Crippen LogP contribution in [0.15, 0.2) is 30.3 Å². The molecule has 1 aliphatic heterocycles. The fourth-order valence-corrected chi connectivity index (χ4v) is 2.34. The highest BCUT2D eigenvalue weighted by Gasteiger charge is 2.50. The van der Waals surface area contributed by atoms with Crippen LogP contribution in [0.2, 0.25) is 0 Å². The van der Waals surface area contributed by atoms with Crippen LogP contribution in [-0.4, -0.2) is 53.9 Å². The fourth-order valence-electron chi connectivity index (χ4n) is 2.34. The number of aliphatic hydroxyl groups excluding tert-OH is 1. The Balaban J connectivity index is 2.21. The molecule has 1 aromatic rings. The van der Waals surface area contributed by atoms with Gasteiger partial charge in [-0.1, -0.05) is 18.2 Å². The van der Waals surface area contributed by atoms with Gasteiger partial charge in [0.25, 0.3) is 0 Å². The fraction of sp³-hybridized carbons (Fsp3) is 0.467. The first-order valence-electron chi connectivity index (χ1n) is 7.22. The summed E-state index contributed by atoms with van der Waals surface area (Å²) in [6.45, 7) is 1.21. The highest BCUT2D eigenvalue weighted by Crippen LogP contribution is 2.27. The van der Waals surface area contributed by atoms with E-state index < -0.39 is 48.8 Å². The Morgan fingerprint density at radius 1 is 1.24 bits per heavy atom. The number of ether oxygens (including phenoxy) is 2. The molecule has 0 aromatic heterocycles. The summed E-state index contributed by atoms with van der Waals surface area (Å²) < 4.78 is 61.2. The molecule has 2 rings (SSSR count). The third-order valence-electron chi connectivity index (χ3n) is 3.61. The van der Waals surface area contributed by atoms with E-state index in [1.165, 1.54) is 31.2 Å². The number of benzene rings is 1. The maximum Gasteiger partial charge on any atom is 0.471 e. The van der Waals surface area contributed by atoms with E-state index in [1.54, 1.807) is 11.4 Å². The van der Waals surface area contributed by atoms with Crippen LogP contribution in [0.1, 0.15) is 17.3 Å². The lowest BCUT2D eigenvalue weighted by Gasteiger charge is -2.40. The largest absolute Gasteiger partial charge is 0.471 e. The van der Waals surface area contributed by atoms with Gasteiger partial charge in [0.15, 0.2) is 18.6 Å². The molecule has 0 aliphatic carbocycles. The van der Waals surface area contributed by atoms with E-state index in [4.69, 9.17) is 9.47 Å². The van der Waals surface area contributed by atoms with Gasteiger partial charge >= 0.3 is 18.1 Å². The van der Waals surface area contributed by atoms with Crippen LogP contribution in [0.5, 0.6) is 0 Å². The molecule has 10 heteroatoms. The number of hydrogen-bond donors (Lipinski definition) is 2. The molecule has 1 amide bonds. The second-order valence-corrected chi connectivity index (χ2v) is 5.41. The third-order valence-corrected chi connectivity index (χ3v) is 3.61. The molecule has 0 bridgehead atoms. The summed E-state index contributed by atoms with van der Waals surface area (Å²) in [6, 6.07) is 5.71. The Hall–Kier alpha value is -2.20. The Morgan fingerprint density at radius 3 is 2.40 bits per heavy atom. The van der Waals surface area contributed by atoms with Gasteiger partial charge in [-0.25, -0.2) is 9.18 Å². The number of halogens is 4. The molecule has 0 radical (unpaired) electrons. The number of carbonyl (C=O) groups is 2. The summed E-state index contributed by atoms with van der Waals surface area (Å²) >= 11 is 0. The summed E-state index contributed by atoms with van der Waals surface area (Å²) in [7, 11) is 0. The molecular weight excluding hydrogens is 350 g/mol. The normalized spacial score (nSPS) is 29.8. The maximum absolute atomic E-state index is 14.2. The molecule has 25 heavy (non-hydrogen) atoms. The van der Waals surface area contributed by atoms with E-state index in [-0.39, 0.29) is 5.56 Å². The first-order chi connectivity index (χ1) is 11.6. The molecule has 6 nitrogen and oxygen atoms in total. The van der Waals surface area contributed by atoms with E-state index in [9.17, 15) is 32.3 Å². The quantitative estimate of drug-likeness (QED) is 0.624. The minimum atomic E-state index is -5.21. The highest BCUT2D eigenvalue weighted by molar-refractivity contribution is 5.89. The van der Waals surface area contributed by atoms with Gasteiger partial charge in [0.1, 0.15) is 0 Å². The zero-order chi connectivity index (χ0) is 18.8. The Bertz CT molecular complexity index is 624. The number of rotatable bonds is 3. The molecule has 1 aliphatic rings. The van der Waals surface area contributed by atoms with Gasteiger partial charge in [-0.15, -0.1) is 0 Å². The smallest absolute Gasteiger partial charge is 0.453 e. The minimum absolute atomic E-state index is 0.0317. The number of carbonyl (C=O) groups excluding carboxylic acids is 2. The number of amides is 1. The predicted molar refractivity (Wildman–Crippen MR) is 75.1 cm³/mol. The van der Waals surface area contributed by atoms with Gasteiger partial charge in [0.2, 0.25) is 0 Å². The SMILES string of the molecule is C[C@H]1O[C@H](O)[C@H](F)[C@@H](OC(=O)c2ccccc2)[C@H]1NC(=O)C(F)(F)F. The molecule has 1 fully saturated rings. The van der Waals surface area contributed by atoms with Gasteiger partial charge in [0, 0.05) is 0 Å². The molecule has 5 atom stereocenters. The van der Waals surface area contributed by atoms with E-state index in [0.717, 1.165) is 0 Å². The minimum Gasteiger partial charge on any atom is -0.453 e. The molecule has 0 spiro atoms. The Kier molecular flexibility index (Phi) is 5.63. The summed E-state index contributed by atoms with van der Waals surface area (Å²) in [5.41, 5.74) is 0.0317. The maximum atomic E-state index is 14.2. The van der Waals surface area contributed by atoms with Crippen molar-refractivity contribution in [2.75, 3.05) is 0 Å². The molecule has 138 valence electrons. The first-order valence-corrected chi connectivity index (χ1v) is 7.22. The molecule has 1 aromatic carbocycles. The Labute approximate surface area is 139 Å². The molecule has 1 saturated heterocycles. The van der Waals surface area contributed by atoms with Crippen LogP contribution in [0.4, 0.5) is 17.6 Å². The summed E-state index contributed by atoms with van der Waals surface area (Å²) in [5.74, 6) is -3.35. The summed E-state index contributed by atoms with van der Waals surface area (Å²) in [5, 5.41) is 11.0. The average Bonchev–Trinajstić information content (AvgIpc) is 2.55. The lowest BCUT2D eigenvalue weighted by molar-refractivity contribution is -0.236. The van der Waals surface area contributed by atoms with Crippen LogP contribution in [0, 0.1) is 0 Å². The lowest BCUT2D eigenvalue weighted by Crippen LogP contribution is -2.64. The third kappa shape index (κ3) is 4.45. The highest BCUT2D eigenvalue weighted by atomic mass is 19.4. The van der Waals surface area contributed by atoms with Gasteiger partial charge in [0.05, 0.1) is 17.7 Å². The first kappa shape index (κ1) is 19.1. The van der Waals surface area contributed by atoms with Crippen molar-refractivity contribution in [3.63, 3.8) is 0 Å². The van der Waals surface area contributed by atoms with Gasteiger partial charge < -0.3 is 19.9 Å². The van der Waals surface area contributed by atoms with Crippen LogP contribution in [0.3, 0.4) is 0 Å². The van der Waals surface area contributed by atoms with E-state index in [1.807, 2.05) is 0 Å². The van der Waals surface area contributed by atoms with Gasteiger partial charge in [-0.05, 0) is 19.1 Å². The topological polar surface area (TPSA) is 84.9 Å². The number of nitrogens with one attached hydrogen (secondary N) is 1. The monoisotopic (exact) mass is 365 g/mol. The van der Waals surface area contributed by atoms with Crippen molar-refractivity contribution in [2.45, 2.75) is 43.8 Å². The van der Waals surface area contributed by atoms with Crippen molar-refractivity contribution in [2.24, 2.45) is 0 Å².